The fraction of sp³-hybridized carbons (Fsp3) is 0.560. The molecule has 34 heavy (non-hydrogen) atoms. The second kappa shape index (κ2) is 10.5. The number of nitriles is 1. The monoisotopic (exact) mass is 467 g/mol. The Labute approximate surface area is 199 Å². The van der Waals surface area contributed by atoms with Gasteiger partial charge in [0.05, 0.1) is 13.2 Å². The number of carbonyl (C=O) groups excluding carboxylic acids is 2. The molecule has 1 saturated heterocycles. The Morgan fingerprint density at radius 3 is 2.79 bits per heavy atom. The Kier molecular flexibility index (Phi) is 7.39. The quantitative estimate of drug-likeness (QED) is 0.447. The molecule has 4 unspecified atom stereocenters. The fourth-order valence-electron chi connectivity index (χ4n) is 4.76. The van der Waals surface area contributed by atoms with E-state index in [1.165, 1.54) is 4.90 Å². The predicted molar refractivity (Wildman–Crippen MR) is 127 cm³/mol. The molecule has 2 amide bonds. The number of likely N-dealkylation sites (N-methyl/N-ethyl adjacent to an activating group) is 1. The number of aromatic nitrogens is 1. The van der Waals surface area contributed by atoms with E-state index >= 15 is 0 Å². The lowest BCUT2D eigenvalue weighted by molar-refractivity contribution is -0.126. The molecule has 0 radical (unpaired) electrons. The number of hydrogen-bond acceptors (Lipinski definition) is 6. The van der Waals surface area contributed by atoms with Gasteiger partial charge in [-0.15, -0.1) is 0 Å². The first-order valence-electron chi connectivity index (χ1n) is 12.0. The molecule has 9 heteroatoms. The van der Waals surface area contributed by atoms with Crippen LogP contribution in [0.15, 0.2) is 24.3 Å². The summed E-state index contributed by atoms with van der Waals surface area (Å²) >= 11 is 0. The maximum atomic E-state index is 13.3. The minimum absolute atomic E-state index is 0.0960. The van der Waals surface area contributed by atoms with E-state index in [1.807, 2.05) is 18.2 Å². The van der Waals surface area contributed by atoms with Crippen LogP contribution in [0.25, 0.3) is 10.9 Å². The molecule has 0 spiro atoms. The third-order valence-electron chi connectivity index (χ3n) is 6.98. The molecule has 2 aromatic rings. The van der Waals surface area contributed by atoms with Crippen LogP contribution in [-0.4, -0.2) is 65.8 Å². The Balaban J connectivity index is 1.48. The molecule has 1 saturated carbocycles. The molecule has 1 aromatic carbocycles. The van der Waals surface area contributed by atoms with Crippen LogP contribution in [0.4, 0.5) is 0 Å². The third kappa shape index (κ3) is 5.34. The average Bonchev–Trinajstić information content (AvgIpc) is 3.56. The summed E-state index contributed by atoms with van der Waals surface area (Å²) in [4.78, 5) is 31.2. The number of H-pyrrole nitrogens is 1. The normalized spacial score (nSPS) is 21.9. The van der Waals surface area contributed by atoms with Crippen LogP contribution in [-0.2, 0) is 4.79 Å². The Hall–Kier alpha value is -3.09. The van der Waals surface area contributed by atoms with Crippen LogP contribution in [0.5, 0.6) is 5.75 Å². The van der Waals surface area contributed by atoms with Crippen LogP contribution in [0.2, 0.25) is 0 Å². The van der Waals surface area contributed by atoms with E-state index in [4.69, 9.17) is 4.74 Å². The van der Waals surface area contributed by atoms with Gasteiger partial charge in [-0.3, -0.25) is 14.9 Å². The van der Waals surface area contributed by atoms with Gasteiger partial charge >= 0.3 is 0 Å². The number of hydrogen-bond donors (Lipinski definition) is 4. The highest BCUT2D eigenvalue weighted by Crippen LogP contribution is 2.35. The second-order valence-corrected chi connectivity index (χ2v) is 9.44. The van der Waals surface area contributed by atoms with Crippen molar-refractivity contribution in [1.29, 1.82) is 5.26 Å². The number of nitrogens with one attached hydrogen (secondary N) is 3. The summed E-state index contributed by atoms with van der Waals surface area (Å²) in [7, 11) is 3.22. The predicted octanol–water partition coefficient (Wildman–Crippen LogP) is 2.13. The van der Waals surface area contributed by atoms with E-state index in [-0.39, 0.29) is 17.7 Å². The van der Waals surface area contributed by atoms with Gasteiger partial charge in [0, 0.05) is 23.9 Å². The highest BCUT2D eigenvalue weighted by Gasteiger charge is 2.36. The summed E-state index contributed by atoms with van der Waals surface area (Å²) in [6.45, 7) is 0.747. The summed E-state index contributed by atoms with van der Waals surface area (Å²) in [5.41, 5.74) is 1.16. The molecular weight excluding hydrogens is 434 g/mol. The van der Waals surface area contributed by atoms with Gasteiger partial charge in [0.2, 0.25) is 5.91 Å². The smallest absolute Gasteiger partial charge is 0.270 e. The van der Waals surface area contributed by atoms with Crippen molar-refractivity contribution in [3.05, 3.63) is 30.0 Å². The van der Waals surface area contributed by atoms with Gasteiger partial charge in [-0.2, -0.15) is 5.26 Å². The van der Waals surface area contributed by atoms with Gasteiger partial charge in [0.1, 0.15) is 29.8 Å². The zero-order chi connectivity index (χ0) is 24.2. The first kappa shape index (κ1) is 24.0. The van der Waals surface area contributed by atoms with Crippen molar-refractivity contribution < 1.29 is 19.4 Å². The van der Waals surface area contributed by atoms with Crippen LogP contribution in [0.3, 0.4) is 0 Å². The van der Waals surface area contributed by atoms with Crippen molar-refractivity contribution in [2.75, 3.05) is 20.7 Å². The second-order valence-electron chi connectivity index (χ2n) is 9.44. The topological polar surface area (TPSA) is 130 Å². The number of fused-ring (bicyclic) bond motifs is 1. The molecule has 2 heterocycles. The van der Waals surface area contributed by atoms with Gasteiger partial charge in [-0.05, 0) is 56.3 Å². The van der Waals surface area contributed by atoms with Gasteiger partial charge in [0.25, 0.3) is 5.91 Å². The number of methoxy groups -OCH3 is 1. The van der Waals surface area contributed by atoms with Crippen molar-refractivity contribution in [3.8, 4) is 11.8 Å². The van der Waals surface area contributed by atoms with Crippen LogP contribution in [0.1, 0.15) is 49.0 Å². The molecule has 2 fully saturated rings. The van der Waals surface area contributed by atoms with Crippen molar-refractivity contribution in [1.82, 2.24) is 20.5 Å². The van der Waals surface area contributed by atoms with E-state index in [1.54, 1.807) is 20.2 Å². The first-order chi connectivity index (χ1) is 16.4. The van der Waals surface area contributed by atoms with Crippen LogP contribution >= 0.6 is 0 Å². The van der Waals surface area contributed by atoms with Crippen molar-refractivity contribution in [2.45, 2.75) is 56.8 Å². The molecule has 4 rings (SSSR count). The third-order valence-corrected chi connectivity index (χ3v) is 6.98. The number of aromatic amines is 1. The van der Waals surface area contributed by atoms with E-state index in [9.17, 15) is 20.0 Å². The van der Waals surface area contributed by atoms with Crippen LogP contribution < -0.4 is 15.4 Å². The molecule has 4 atom stereocenters. The highest BCUT2D eigenvalue weighted by atomic mass is 16.5. The lowest BCUT2D eigenvalue weighted by Gasteiger charge is -2.31. The molecule has 1 aliphatic carbocycles. The maximum absolute atomic E-state index is 13.3. The first-order valence-corrected chi connectivity index (χ1v) is 12.0. The van der Waals surface area contributed by atoms with Gasteiger partial charge < -0.3 is 25.0 Å². The lowest BCUT2D eigenvalue weighted by Crippen LogP contribution is -2.51. The van der Waals surface area contributed by atoms with Gasteiger partial charge in [0.15, 0.2) is 0 Å². The SMILES string of the molecule is COc1cccc2[nH]c(C(=O)N(C)C(CC3CC3)C(=O)NC(C#N)CC3CCCNC3O)cc12. The minimum Gasteiger partial charge on any atom is -0.496 e. The fourth-order valence-corrected chi connectivity index (χ4v) is 4.76. The number of aliphatic hydroxyl groups is 1. The molecular formula is C25H33N5O4. The van der Waals surface area contributed by atoms with E-state index in [0.717, 1.165) is 43.1 Å². The zero-order valence-electron chi connectivity index (χ0n) is 19.7. The Morgan fingerprint density at radius 1 is 1.32 bits per heavy atom. The number of carbonyl (C=O) groups is 2. The molecule has 1 aromatic heterocycles. The Bertz CT molecular complexity index is 1070. The molecule has 9 nitrogen and oxygen atoms in total. The molecule has 182 valence electrons. The van der Waals surface area contributed by atoms with E-state index in [0.29, 0.717) is 30.2 Å². The van der Waals surface area contributed by atoms with Crippen molar-refractivity contribution >= 4 is 22.7 Å². The van der Waals surface area contributed by atoms with Gasteiger partial charge in [-0.1, -0.05) is 18.9 Å². The number of piperidine rings is 1. The number of rotatable bonds is 9. The standard InChI is InChI=1S/C25H33N5O4/c1-30(25(33)20-13-18-19(29-20)6-3-7-22(18)34-2)21(11-15-8-9-15)24(32)28-17(14-26)12-16-5-4-10-27-23(16)31/h3,6-7,13,15-17,21,23,27,29,31H,4-5,8-12H2,1-2H3,(H,28,32). The summed E-state index contributed by atoms with van der Waals surface area (Å²) in [6.07, 6.45) is 4.05. The van der Waals surface area contributed by atoms with E-state index < -0.39 is 18.3 Å². The summed E-state index contributed by atoms with van der Waals surface area (Å²) in [6, 6.07) is 8.04. The van der Waals surface area contributed by atoms with Crippen LogP contribution in [0, 0.1) is 23.2 Å². The number of aliphatic hydroxyl groups excluding tert-OH is 1. The minimum atomic E-state index is -0.727. The average molecular weight is 468 g/mol. The van der Waals surface area contributed by atoms with Crippen molar-refractivity contribution in [3.63, 3.8) is 0 Å². The highest BCUT2D eigenvalue weighted by molar-refractivity contribution is 6.01. The molecule has 4 N–H and O–H groups in total. The maximum Gasteiger partial charge on any atom is 0.270 e. The summed E-state index contributed by atoms with van der Waals surface area (Å²) < 4.78 is 5.39. The molecule has 0 bridgehead atoms. The largest absolute Gasteiger partial charge is 0.496 e. The number of amides is 2. The number of nitrogens with zero attached hydrogens (tertiary/aromatic N) is 2. The lowest BCUT2D eigenvalue weighted by atomic mass is 9.91. The number of ether oxygens (including phenoxy) is 1. The molecule has 2 aliphatic rings. The van der Waals surface area contributed by atoms with Gasteiger partial charge in [-0.25, -0.2) is 0 Å². The Morgan fingerprint density at radius 2 is 2.12 bits per heavy atom. The zero-order valence-corrected chi connectivity index (χ0v) is 19.7. The van der Waals surface area contributed by atoms with E-state index in [2.05, 4.69) is 21.7 Å². The summed E-state index contributed by atoms with van der Waals surface area (Å²) in [5, 5.41) is 26.5. The van der Waals surface area contributed by atoms with Crippen molar-refractivity contribution in [2.24, 2.45) is 11.8 Å². The number of benzene rings is 1. The molecule has 1 aliphatic heterocycles. The summed E-state index contributed by atoms with van der Waals surface area (Å²) in [5.74, 6) is 0.347.